The van der Waals surface area contributed by atoms with Gasteiger partial charge in [-0.25, -0.2) is 18.2 Å². The molecule has 0 aliphatic carbocycles. The Balaban J connectivity index is 1.49. The Bertz CT molecular complexity index is 1710. The minimum absolute atomic E-state index is 0.0806. The molecule has 6 nitrogen and oxygen atoms in total. The molecular formula is C28H17F3N4O2. The van der Waals surface area contributed by atoms with E-state index in [9.17, 15) is 22.8 Å². The zero-order valence-electron chi connectivity index (χ0n) is 19.1. The number of amides is 2. The van der Waals surface area contributed by atoms with Gasteiger partial charge in [-0.1, -0.05) is 17.9 Å². The lowest BCUT2D eigenvalue weighted by molar-refractivity contribution is 0.0700. The minimum Gasteiger partial charge on any atom is -0.366 e. The lowest BCUT2D eigenvalue weighted by atomic mass is 10.0. The van der Waals surface area contributed by atoms with Gasteiger partial charge in [-0.15, -0.1) is 0 Å². The highest BCUT2D eigenvalue weighted by atomic mass is 19.1. The molecule has 37 heavy (non-hydrogen) atoms. The Labute approximate surface area is 209 Å². The largest absolute Gasteiger partial charge is 0.366 e. The fourth-order valence-electron chi connectivity index (χ4n) is 4.34. The monoisotopic (exact) mass is 498 g/mol. The third-order valence-electron chi connectivity index (χ3n) is 6.12. The molecule has 3 N–H and O–H groups in total. The van der Waals surface area contributed by atoms with Crippen LogP contribution in [-0.2, 0) is 6.54 Å². The number of nitrogens with one attached hydrogen (secondary N) is 1. The maximum atomic E-state index is 14.7. The normalized spacial score (nSPS) is 12.9. The van der Waals surface area contributed by atoms with Gasteiger partial charge < -0.3 is 15.6 Å². The van der Waals surface area contributed by atoms with Crippen molar-refractivity contribution >= 4 is 22.8 Å². The molecule has 0 bridgehead atoms. The number of aromatic nitrogens is 2. The first-order chi connectivity index (χ1) is 17.8. The molecule has 2 aromatic heterocycles. The molecule has 0 spiro atoms. The molecular weight excluding hydrogens is 481 g/mol. The number of benzene rings is 2. The van der Waals surface area contributed by atoms with E-state index in [1.807, 2.05) is 0 Å². The van der Waals surface area contributed by atoms with E-state index in [4.69, 9.17) is 5.73 Å². The van der Waals surface area contributed by atoms with Crippen LogP contribution in [0.5, 0.6) is 0 Å². The van der Waals surface area contributed by atoms with Crippen LogP contribution in [0.2, 0.25) is 0 Å². The third-order valence-corrected chi connectivity index (χ3v) is 6.12. The van der Waals surface area contributed by atoms with Crippen molar-refractivity contribution in [2.24, 2.45) is 5.73 Å². The summed E-state index contributed by atoms with van der Waals surface area (Å²) in [7, 11) is 0. The molecule has 0 saturated carbocycles. The van der Waals surface area contributed by atoms with Gasteiger partial charge >= 0.3 is 0 Å². The Hall–Kier alpha value is -5.02. The number of pyridine rings is 1. The van der Waals surface area contributed by atoms with Gasteiger partial charge in [0.1, 0.15) is 23.1 Å². The number of nitrogens with two attached hydrogens (primary N) is 1. The number of fused-ring (bicyclic) bond motifs is 2. The second-order valence-corrected chi connectivity index (χ2v) is 8.29. The molecule has 0 fully saturated rings. The molecule has 1 unspecified atom stereocenters. The zero-order chi connectivity index (χ0) is 26.1. The van der Waals surface area contributed by atoms with Gasteiger partial charge in [0.15, 0.2) is 0 Å². The van der Waals surface area contributed by atoms with Crippen LogP contribution in [-0.4, -0.2) is 26.7 Å². The van der Waals surface area contributed by atoms with Gasteiger partial charge in [-0.2, -0.15) is 0 Å². The maximum absolute atomic E-state index is 14.7. The summed E-state index contributed by atoms with van der Waals surface area (Å²) in [5.41, 5.74) is 6.71. The number of primary amides is 1. The number of nitrogens with zero attached hydrogens (tertiary/aromatic N) is 2. The van der Waals surface area contributed by atoms with E-state index < -0.39 is 35.3 Å². The zero-order valence-corrected chi connectivity index (χ0v) is 19.1. The fraction of sp³-hybridized carbons (Fsp3) is 0.107. The van der Waals surface area contributed by atoms with E-state index in [0.717, 1.165) is 18.2 Å². The Morgan fingerprint density at radius 1 is 1.14 bits per heavy atom. The van der Waals surface area contributed by atoms with Crippen LogP contribution in [0.4, 0.5) is 13.2 Å². The van der Waals surface area contributed by atoms with Crippen molar-refractivity contribution in [2.45, 2.75) is 19.0 Å². The fourth-order valence-corrected chi connectivity index (χ4v) is 4.34. The molecule has 2 amide bonds. The molecule has 0 radical (unpaired) electrons. The van der Waals surface area contributed by atoms with E-state index in [1.54, 1.807) is 12.3 Å². The molecule has 2 aromatic carbocycles. The van der Waals surface area contributed by atoms with Crippen LogP contribution in [0.3, 0.4) is 0 Å². The predicted octanol–water partition coefficient (Wildman–Crippen LogP) is 4.22. The van der Waals surface area contributed by atoms with Crippen molar-refractivity contribution in [3.05, 3.63) is 100 Å². The summed E-state index contributed by atoms with van der Waals surface area (Å²) in [6, 6.07) is 7.79. The summed E-state index contributed by atoms with van der Waals surface area (Å²) in [5.74, 6) is 7.72. The van der Waals surface area contributed by atoms with Gasteiger partial charge in [0.05, 0.1) is 23.7 Å². The van der Waals surface area contributed by atoms with Crippen LogP contribution in [0.1, 0.15) is 49.9 Å². The predicted molar refractivity (Wildman–Crippen MR) is 129 cm³/mol. The highest BCUT2D eigenvalue weighted by Crippen LogP contribution is 2.35. The van der Waals surface area contributed by atoms with E-state index in [1.165, 1.54) is 29.3 Å². The van der Waals surface area contributed by atoms with E-state index in [0.29, 0.717) is 16.6 Å². The Morgan fingerprint density at radius 2 is 1.97 bits per heavy atom. The number of carbonyl (C=O) groups is 2. The molecule has 0 saturated heterocycles. The number of aromatic amines is 1. The molecule has 4 aromatic rings. The van der Waals surface area contributed by atoms with Crippen LogP contribution in [0.15, 0.2) is 54.9 Å². The molecule has 1 atom stereocenters. The number of H-pyrrole nitrogens is 1. The van der Waals surface area contributed by atoms with Crippen molar-refractivity contribution in [3.63, 3.8) is 0 Å². The maximum Gasteiger partial charge on any atom is 0.255 e. The van der Waals surface area contributed by atoms with Gasteiger partial charge in [0.25, 0.3) is 11.8 Å². The van der Waals surface area contributed by atoms with Crippen LogP contribution < -0.4 is 5.73 Å². The summed E-state index contributed by atoms with van der Waals surface area (Å²) in [6.07, 6.45) is 2.86. The first-order valence-electron chi connectivity index (χ1n) is 11.1. The first-order valence-corrected chi connectivity index (χ1v) is 11.1. The Morgan fingerprint density at radius 3 is 2.76 bits per heavy atom. The van der Waals surface area contributed by atoms with Crippen LogP contribution >= 0.6 is 0 Å². The number of hydrogen-bond donors (Lipinski definition) is 2. The molecule has 1 aliphatic heterocycles. The number of carbonyl (C=O) groups excluding carboxylic acids is 2. The topological polar surface area (TPSA) is 92.1 Å². The molecule has 1 aliphatic rings. The quantitative estimate of drug-likeness (QED) is 0.413. The van der Waals surface area contributed by atoms with Crippen molar-refractivity contribution in [3.8, 4) is 23.7 Å². The molecule has 5 rings (SSSR count). The first kappa shape index (κ1) is 23.7. The number of hydrogen-bond acceptors (Lipinski definition) is 3. The molecule has 9 heteroatoms. The van der Waals surface area contributed by atoms with Crippen LogP contribution in [0, 0.1) is 41.1 Å². The number of halogens is 3. The van der Waals surface area contributed by atoms with Crippen molar-refractivity contribution < 1.29 is 22.8 Å². The molecule has 182 valence electrons. The SMILES string of the molecule is NC(=O)c1cnc2[nH]ccc2c1C#CC#CCC(c1cc(F)ccc1F)N1Cc2c(F)cccc2C1=O. The van der Waals surface area contributed by atoms with Gasteiger partial charge in [-0.3, -0.25) is 9.59 Å². The second kappa shape index (κ2) is 9.56. The van der Waals surface area contributed by atoms with Crippen molar-refractivity contribution in [1.29, 1.82) is 0 Å². The lowest BCUT2D eigenvalue weighted by Crippen LogP contribution is -2.29. The van der Waals surface area contributed by atoms with Crippen molar-refractivity contribution in [2.75, 3.05) is 0 Å². The van der Waals surface area contributed by atoms with Gasteiger partial charge in [0, 0.05) is 40.9 Å². The highest BCUT2D eigenvalue weighted by molar-refractivity contribution is 6.00. The minimum atomic E-state index is -0.997. The third kappa shape index (κ3) is 4.39. The summed E-state index contributed by atoms with van der Waals surface area (Å²) in [4.78, 5) is 33.2. The average Bonchev–Trinajstić information content (AvgIpc) is 3.49. The summed E-state index contributed by atoms with van der Waals surface area (Å²) < 4.78 is 43.1. The highest BCUT2D eigenvalue weighted by Gasteiger charge is 2.36. The standard InChI is InChI=1S/C28H17F3N4O2/c29-16-9-10-24(31)20(13-16)25(35-15-22-19(28(35)37)6-4-7-23(22)30)8-3-1-2-5-17-18-11-12-33-27(18)34-14-21(17)26(32)36/h4,6-7,9-14,25H,8,15H2,(H2,32,36)(H,33,34). The second-order valence-electron chi connectivity index (χ2n) is 8.29. The summed E-state index contributed by atoms with van der Waals surface area (Å²) in [5, 5.41) is 0.591. The summed E-state index contributed by atoms with van der Waals surface area (Å²) in [6.45, 7) is -0.112. The Kier molecular flexibility index (Phi) is 6.12. The van der Waals surface area contributed by atoms with Crippen molar-refractivity contribution in [1.82, 2.24) is 14.9 Å². The van der Waals surface area contributed by atoms with Gasteiger partial charge in [-0.05, 0) is 48.2 Å². The van der Waals surface area contributed by atoms with Crippen LogP contribution in [0.25, 0.3) is 11.0 Å². The van der Waals surface area contributed by atoms with E-state index in [2.05, 4.69) is 33.6 Å². The smallest absolute Gasteiger partial charge is 0.255 e. The van der Waals surface area contributed by atoms with Gasteiger partial charge in [0.2, 0.25) is 0 Å². The summed E-state index contributed by atoms with van der Waals surface area (Å²) >= 11 is 0. The number of rotatable bonds is 4. The van der Waals surface area contributed by atoms with E-state index >= 15 is 0 Å². The molecule has 3 heterocycles. The average molecular weight is 498 g/mol. The van der Waals surface area contributed by atoms with E-state index in [-0.39, 0.29) is 35.2 Å². The lowest BCUT2D eigenvalue weighted by Gasteiger charge is -2.27.